The first-order valence-corrected chi connectivity index (χ1v) is 6.23. The molecule has 0 aliphatic rings. The molecule has 0 aliphatic heterocycles. The third-order valence-corrected chi connectivity index (χ3v) is 3.57. The van der Waals surface area contributed by atoms with E-state index in [4.69, 9.17) is 5.84 Å². The van der Waals surface area contributed by atoms with E-state index in [2.05, 4.69) is 15.6 Å². The Labute approximate surface area is 103 Å². The molecule has 8 heteroatoms. The number of aromatic amines is 1. The van der Waals surface area contributed by atoms with E-state index >= 15 is 0 Å². The second-order valence-corrected chi connectivity index (χ2v) is 4.97. The summed E-state index contributed by atoms with van der Waals surface area (Å²) in [6, 6.07) is -0.0119. The van der Waals surface area contributed by atoms with Crippen molar-refractivity contribution in [1.82, 2.24) is 20.2 Å². The van der Waals surface area contributed by atoms with Gasteiger partial charge in [-0.2, -0.15) is 0 Å². The molecule has 0 aliphatic carbocycles. The second-order valence-electron chi connectivity index (χ2n) is 3.80. The van der Waals surface area contributed by atoms with Crippen LogP contribution in [0.3, 0.4) is 0 Å². The number of carbonyl (C=O) groups excluding carboxylic acids is 1. The number of rotatable bonds is 5. The van der Waals surface area contributed by atoms with Crippen molar-refractivity contribution in [2.24, 2.45) is 5.84 Å². The lowest BCUT2D eigenvalue weighted by atomic mass is 10.3. The van der Waals surface area contributed by atoms with Crippen LogP contribution in [0, 0.1) is 0 Å². The fourth-order valence-corrected chi connectivity index (χ4v) is 2.47. The van der Waals surface area contributed by atoms with Crippen LogP contribution in [-0.4, -0.2) is 25.9 Å². The van der Waals surface area contributed by atoms with Gasteiger partial charge in [0.1, 0.15) is 0 Å². The fourth-order valence-electron chi connectivity index (χ4n) is 1.37. The maximum absolute atomic E-state index is 11.5. The third-order valence-electron chi connectivity index (χ3n) is 2.24. The van der Waals surface area contributed by atoms with Crippen LogP contribution in [-0.2, 0) is 4.79 Å². The zero-order valence-corrected chi connectivity index (χ0v) is 10.9. The van der Waals surface area contributed by atoms with E-state index in [1.807, 2.05) is 20.8 Å². The molecule has 0 saturated carbocycles. The van der Waals surface area contributed by atoms with Crippen molar-refractivity contribution in [3.05, 3.63) is 10.5 Å². The number of nitrogens with two attached hydrogens (primary N) is 1. The molecule has 0 radical (unpaired) electrons. The molecule has 1 unspecified atom stereocenters. The van der Waals surface area contributed by atoms with E-state index in [-0.39, 0.29) is 22.9 Å². The van der Waals surface area contributed by atoms with Gasteiger partial charge in [-0.25, -0.2) is 15.7 Å². The first kappa shape index (κ1) is 13.8. The average Bonchev–Trinajstić information content (AvgIpc) is 2.66. The van der Waals surface area contributed by atoms with Crippen LogP contribution in [0.25, 0.3) is 0 Å². The Bertz CT molecular complexity index is 439. The Morgan fingerprint density at radius 1 is 1.65 bits per heavy atom. The van der Waals surface area contributed by atoms with Crippen molar-refractivity contribution >= 4 is 17.7 Å². The van der Waals surface area contributed by atoms with Crippen molar-refractivity contribution in [3.8, 4) is 0 Å². The summed E-state index contributed by atoms with van der Waals surface area (Å²) in [6.45, 7) is 5.63. The molecular weight excluding hydrogens is 242 g/mol. The van der Waals surface area contributed by atoms with Crippen LogP contribution < -0.4 is 17.0 Å². The van der Waals surface area contributed by atoms with E-state index in [9.17, 15) is 9.59 Å². The van der Waals surface area contributed by atoms with E-state index in [0.29, 0.717) is 11.6 Å². The zero-order chi connectivity index (χ0) is 13.0. The summed E-state index contributed by atoms with van der Waals surface area (Å²) in [5.41, 5.74) is 1.83. The summed E-state index contributed by atoms with van der Waals surface area (Å²) in [7, 11) is 0. The first-order valence-electron chi connectivity index (χ1n) is 5.35. The van der Waals surface area contributed by atoms with Gasteiger partial charge < -0.3 is 0 Å². The Hall–Kier alpha value is -1.28. The molecule has 1 heterocycles. The quantitative estimate of drug-likeness (QED) is 0.299. The van der Waals surface area contributed by atoms with Gasteiger partial charge >= 0.3 is 5.69 Å². The molecule has 1 rings (SSSR count). The number of H-pyrrole nitrogens is 1. The van der Waals surface area contributed by atoms with Gasteiger partial charge in [0.05, 0.1) is 5.25 Å². The third kappa shape index (κ3) is 3.10. The van der Waals surface area contributed by atoms with Gasteiger partial charge in [-0.05, 0) is 20.3 Å². The first-order chi connectivity index (χ1) is 8.01. The highest BCUT2D eigenvalue weighted by atomic mass is 32.2. The van der Waals surface area contributed by atoms with Gasteiger partial charge in [-0.3, -0.25) is 14.8 Å². The zero-order valence-electron chi connectivity index (χ0n) is 10.1. The molecule has 0 fully saturated rings. The van der Waals surface area contributed by atoms with Gasteiger partial charge in [0.2, 0.25) is 5.91 Å². The fraction of sp³-hybridized carbons (Fsp3) is 0.667. The molecular formula is C9H17N5O2S. The minimum Gasteiger partial charge on any atom is -0.293 e. The van der Waals surface area contributed by atoms with Crippen molar-refractivity contribution in [2.75, 3.05) is 0 Å². The number of thioether (sulfide) groups is 1. The van der Waals surface area contributed by atoms with Crippen LogP contribution in [0.5, 0.6) is 0 Å². The minimum atomic E-state index is -0.354. The summed E-state index contributed by atoms with van der Waals surface area (Å²) < 4.78 is 1.51. The molecule has 1 aromatic heterocycles. The molecule has 0 spiro atoms. The van der Waals surface area contributed by atoms with E-state index < -0.39 is 0 Å². The Kier molecular flexibility index (Phi) is 4.76. The molecule has 96 valence electrons. The molecule has 0 saturated heterocycles. The predicted octanol–water partition coefficient (Wildman–Crippen LogP) is 0.0129. The Morgan fingerprint density at radius 2 is 2.29 bits per heavy atom. The summed E-state index contributed by atoms with van der Waals surface area (Å²) in [4.78, 5) is 23.0. The number of nitrogens with one attached hydrogen (secondary N) is 2. The Morgan fingerprint density at radius 3 is 2.76 bits per heavy atom. The standard InChI is InChI=1S/C9H17N5O2S/c1-4-6(7(15)11-10)17-9-13-12-8(16)14(9)5(2)3/h5-6H,4,10H2,1-3H3,(H,11,15)(H,12,16). The SMILES string of the molecule is CCC(Sc1n[nH]c(=O)n1C(C)C)C(=O)NN. The number of aromatic nitrogens is 3. The van der Waals surface area contributed by atoms with E-state index in [1.165, 1.54) is 16.3 Å². The van der Waals surface area contributed by atoms with Gasteiger partial charge in [0, 0.05) is 6.04 Å². The highest BCUT2D eigenvalue weighted by molar-refractivity contribution is 8.00. The summed E-state index contributed by atoms with van der Waals surface area (Å²) in [6.07, 6.45) is 0.604. The van der Waals surface area contributed by atoms with Crippen LogP contribution in [0.1, 0.15) is 33.2 Å². The van der Waals surface area contributed by atoms with E-state index in [1.54, 1.807) is 0 Å². The second kappa shape index (κ2) is 5.87. The maximum Gasteiger partial charge on any atom is 0.344 e. The lowest BCUT2D eigenvalue weighted by Gasteiger charge is -2.13. The smallest absolute Gasteiger partial charge is 0.293 e. The number of hydrogen-bond donors (Lipinski definition) is 3. The van der Waals surface area contributed by atoms with Crippen LogP contribution in [0.15, 0.2) is 9.95 Å². The molecule has 1 amide bonds. The maximum atomic E-state index is 11.5. The number of carbonyl (C=O) groups is 1. The van der Waals surface area contributed by atoms with Gasteiger partial charge in [0.15, 0.2) is 5.16 Å². The minimum absolute atomic E-state index is 0.0119. The lowest BCUT2D eigenvalue weighted by Crippen LogP contribution is -2.37. The molecule has 1 atom stereocenters. The molecule has 17 heavy (non-hydrogen) atoms. The van der Waals surface area contributed by atoms with Crippen molar-refractivity contribution in [2.45, 2.75) is 43.6 Å². The highest BCUT2D eigenvalue weighted by Gasteiger charge is 2.21. The average molecular weight is 259 g/mol. The summed E-state index contributed by atoms with van der Waals surface area (Å²) in [5.74, 6) is 4.82. The summed E-state index contributed by atoms with van der Waals surface area (Å²) in [5, 5.41) is 6.43. The highest BCUT2D eigenvalue weighted by Crippen LogP contribution is 2.24. The van der Waals surface area contributed by atoms with Crippen LogP contribution in [0.4, 0.5) is 0 Å². The van der Waals surface area contributed by atoms with Gasteiger partial charge in [-0.1, -0.05) is 18.7 Å². The Balaban J connectivity index is 2.94. The van der Waals surface area contributed by atoms with Crippen molar-refractivity contribution < 1.29 is 4.79 Å². The van der Waals surface area contributed by atoms with Gasteiger partial charge in [-0.15, -0.1) is 5.10 Å². The molecule has 0 aromatic carbocycles. The molecule has 0 bridgehead atoms. The number of hydrogen-bond acceptors (Lipinski definition) is 5. The summed E-state index contributed by atoms with van der Waals surface area (Å²) >= 11 is 1.23. The normalized spacial score (nSPS) is 12.8. The number of amides is 1. The monoisotopic (exact) mass is 259 g/mol. The van der Waals surface area contributed by atoms with Crippen LogP contribution in [0.2, 0.25) is 0 Å². The topological polar surface area (TPSA) is 106 Å². The molecule has 1 aromatic rings. The molecule has 4 N–H and O–H groups in total. The number of nitrogens with zero attached hydrogens (tertiary/aromatic N) is 2. The largest absolute Gasteiger partial charge is 0.344 e. The predicted molar refractivity (Wildman–Crippen MR) is 65.5 cm³/mol. The van der Waals surface area contributed by atoms with Crippen molar-refractivity contribution in [3.63, 3.8) is 0 Å². The number of hydrazine groups is 1. The van der Waals surface area contributed by atoms with Crippen molar-refractivity contribution in [1.29, 1.82) is 0 Å². The van der Waals surface area contributed by atoms with E-state index in [0.717, 1.165) is 0 Å². The van der Waals surface area contributed by atoms with Crippen LogP contribution >= 0.6 is 11.8 Å². The van der Waals surface area contributed by atoms with Gasteiger partial charge in [0.25, 0.3) is 0 Å². The lowest BCUT2D eigenvalue weighted by molar-refractivity contribution is -0.120. The molecule has 7 nitrogen and oxygen atoms in total.